The highest BCUT2D eigenvalue weighted by Gasteiger charge is 2.13. The molecule has 4 nitrogen and oxygen atoms in total. The Hall–Kier alpha value is -3.14. The van der Waals surface area contributed by atoms with E-state index in [1.807, 2.05) is 0 Å². The summed E-state index contributed by atoms with van der Waals surface area (Å²) in [5.74, 6) is -0.807. The van der Waals surface area contributed by atoms with Crippen LogP contribution in [0.5, 0.6) is 0 Å². The fourth-order valence-corrected chi connectivity index (χ4v) is 2.22. The monoisotopic (exact) mass is 350 g/mol. The maximum absolute atomic E-state index is 12.1. The van der Waals surface area contributed by atoms with Crippen LogP contribution in [-0.2, 0) is 9.47 Å². The zero-order chi connectivity index (χ0) is 18.9. The van der Waals surface area contributed by atoms with Crippen molar-refractivity contribution in [1.29, 1.82) is 0 Å². The molecular formula is C22H22O4. The number of hydrogen-bond acceptors (Lipinski definition) is 4. The molecule has 0 aromatic heterocycles. The molecule has 0 amide bonds. The quantitative estimate of drug-likeness (QED) is 0.644. The van der Waals surface area contributed by atoms with E-state index in [1.54, 1.807) is 67.6 Å². The summed E-state index contributed by atoms with van der Waals surface area (Å²) in [7, 11) is 0. The van der Waals surface area contributed by atoms with Gasteiger partial charge in [-0.25, -0.2) is 9.59 Å². The summed E-state index contributed by atoms with van der Waals surface area (Å²) in [6.45, 7) is 9.28. The van der Waals surface area contributed by atoms with E-state index in [0.717, 1.165) is 11.1 Å². The molecule has 0 saturated carbocycles. The van der Waals surface area contributed by atoms with E-state index in [1.165, 1.54) is 0 Å². The predicted octanol–water partition coefficient (Wildman–Crippen LogP) is 4.77. The van der Waals surface area contributed by atoms with E-state index in [0.29, 0.717) is 17.5 Å². The molecule has 0 fully saturated rings. The number of benzene rings is 2. The molecule has 2 aromatic rings. The van der Waals surface area contributed by atoms with Crippen molar-refractivity contribution in [2.45, 2.75) is 19.4 Å². The molecule has 26 heavy (non-hydrogen) atoms. The fourth-order valence-electron chi connectivity index (χ4n) is 2.22. The molecule has 2 rings (SSSR count). The molecule has 0 bridgehead atoms. The van der Waals surface area contributed by atoms with E-state index in [4.69, 9.17) is 9.47 Å². The summed E-state index contributed by atoms with van der Waals surface area (Å²) in [6.07, 6.45) is 3.47. The van der Waals surface area contributed by atoms with Gasteiger partial charge in [0.1, 0.15) is 6.10 Å². The second kappa shape index (κ2) is 9.37. The van der Waals surface area contributed by atoms with E-state index < -0.39 is 11.9 Å². The Morgan fingerprint density at radius 2 is 1.35 bits per heavy atom. The number of carbonyl (C=O) groups is 2. The van der Waals surface area contributed by atoms with Crippen LogP contribution >= 0.6 is 0 Å². The van der Waals surface area contributed by atoms with Gasteiger partial charge in [0.2, 0.25) is 0 Å². The molecule has 0 aliphatic heterocycles. The first-order valence-corrected chi connectivity index (χ1v) is 8.36. The molecule has 0 radical (unpaired) electrons. The number of ether oxygens (including phenoxy) is 2. The van der Waals surface area contributed by atoms with Gasteiger partial charge >= 0.3 is 11.9 Å². The molecule has 0 aliphatic carbocycles. The van der Waals surface area contributed by atoms with E-state index in [9.17, 15) is 9.59 Å². The standard InChI is InChI=1S/C22H22O4/c1-4-17-6-10-19(11-7-17)21(23)25-15-14-16(3)26-22(24)20-12-8-18(5-2)9-13-20/h4-13,16H,1-2,14-15H2,3H3/t16-/m1/s1. The number of rotatable bonds is 8. The maximum atomic E-state index is 12.1. The van der Waals surface area contributed by atoms with Crippen molar-refractivity contribution in [3.8, 4) is 0 Å². The van der Waals surface area contributed by atoms with Crippen LogP contribution in [0.4, 0.5) is 0 Å². The molecule has 0 spiro atoms. The number of hydrogen-bond donors (Lipinski definition) is 0. The maximum Gasteiger partial charge on any atom is 0.338 e. The lowest BCUT2D eigenvalue weighted by atomic mass is 10.1. The molecule has 134 valence electrons. The zero-order valence-corrected chi connectivity index (χ0v) is 14.8. The van der Waals surface area contributed by atoms with Crippen molar-refractivity contribution in [2.24, 2.45) is 0 Å². The van der Waals surface area contributed by atoms with Gasteiger partial charge in [0.05, 0.1) is 17.7 Å². The van der Waals surface area contributed by atoms with Crippen molar-refractivity contribution in [1.82, 2.24) is 0 Å². The van der Waals surface area contributed by atoms with Crippen LogP contribution in [-0.4, -0.2) is 24.6 Å². The van der Waals surface area contributed by atoms with Gasteiger partial charge in [-0.2, -0.15) is 0 Å². The second-order valence-corrected chi connectivity index (χ2v) is 5.79. The third-order valence-corrected chi connectivity index (χ3v) is 3.83. The van der Waals surface area contributed by atoms with Crippen LogP contribution < -0.4 is 0 Å². The minimum absolute atomic E-state index is 0.173. The summed E-state index contributed by atoms with van der Waals surface area (Å²) in [6, 6.07) is 14.0. The van der Waals surface area contributed by atoms with Crippen LogP contribution in [0.3, 0.4) is 0 Å². The summed E-state index contributed by atoms with van der Waals surface area (Å²) < 4.78 is 10.6. The van der Waals surface area contributed by atoms with E-state index >= 15 is 0 Å². The van der Waals surface area contributed by atoms with Gasteiger partial charge in [0.15, 0.2) is 0 Å². The van der Waals surface area contributed by atoms with Crippen molar-refractivity contribution < 1.29 is 19.1 Å². The molecule has 0 N–H and O–H groups in total. The summed E-state index contributed by atoms with van der Waals surface area (Å²) in [5, 5.41) is 0. The average molecular weight is 350 g/mol. The van der Waals surface area contributed by atoms with Gasteiger partial charge in [-0.15, -0.1) is 0 Å². The van der Waals surface area contributed by atoms with Crippen LogP contribution in [0.25, 0.3) is 12.2 Å². The SMILES string of the molecule is C=Cc1ccc(C(=O)OCC[C@@H](C)OC(=O)c2ccc(C=C)cc2)cc1. The van der Waals surface area contributed by atoms with Crippen molar-refractivity contribution in [3.63, 3.8) is 0 Å². The van der Waals surface area contributed by atoms with Gasteiger partial charge < -0.3 is 9.47 Å². The Labute approximate surface area is 153 Å². The van der Waals surface area contributed by atoms with Crippen LogP contribution in [0, 0.1) is 0 Å². The summed E-state index contributed by atoms with van der Waals surface area (Å²) in [4.78, 5) is 24.0. The van der Waals surface area contributed by atoms with Crippen LogP contribution in [0.1, 0.15) is 45.2 Å². The molecular weight excluding hydrogens is 328 g/mol. The summed E-state index contributed by atoms with van der Waals surface area (Å²) >= 11 is 0. The van der Waals surface area contributed by atoms with Gasteiger partial charge in [0, 0.05) is 6.42 Å². The van der Waals surface area contributed by atoms with Crippen LogP contribution in [0.2, 0.25) is 0 Å². The third kappa shape index (κ3) is 5.45. The molecule has 2 aromatic carbocycles. The highest BCUT2D eigenvalue weighted by molar-refractivity contribution is 5.90. The van der Waals surface area contributed by atoms with Crippen molar-refractivity contribution in [2.75, 3.05) is 6.61 Å². The van der Waals surface area contributed by atoms with Gasteiger partial charge in [-0.1, -0.05) is 49.6 Å². The van der Waals surface area contributed by atoms with Crippen molar-refractivity contribution >= 4 is 24.1 Å². The molecule has 0 saturated heterocycles. The highest BCUT2D eigenvalue weighted by atomic mass is 16.6. The normalized spacial score (nSPS) is 11.3. The van der Waals surface area contributed by atoms with E-state index in [-0.39, 0.29) is 12.7 Å². The predicted molar refractivity (Wildman–Crippen MR) is 103 cm³/mol. The van der Waals surface area contributed by atoms with Crippen molar-refractivity contribution in [3.05, 3.63) is 83.9 Å². The summed E-state index contributed by atoms with van der Waals surface area (Å²) in [5.41, 5.74) is 2.81. The molecule has 0 aliphatic rings. The van der Waals surface area contributed by atoms with Crippen LogP contribution in [0.15, 0.2) is 61.7 Å². The highest BCUT2D eigenvalue weighted by Crippen LogP contribution is 2.11. The van der Waals surface area contributed by atoms with Gasteiger partial charge in [0.25, 0.3) is 0 Å². The van der Waals surface area contributed by atoms with E-state index in [2.05, 4.69) is 13.2 Å². The first-order valence-electron chi connectivity index (χ1n) is 8.36. The fraction of sp³-hybridized carbons (Fsp3) is 0.182. The topological polar surface area (TPSA) is 52.6 Å². The Morgan fingerprint density at radius 1 is 0.885 bits per heavy atom. The Morgan fingerprint density at radius 3 is 1.81 bits per heavy atom. The Balaban J connectivity index is 1.77. The molecule has 4 heteroatoms. The largest absolute Gasteiger partial charge is 0.462 e. The lowest BCUT2D eigenvalue weighted by molar-refractivity contribution is 0.0229. The Kier molecular flexibility index (Phi) is 6.92. The minimum Gasteiger partial charge on any atom is -0.462 e. The lowest BCUT2D eigenvalue weighted by Crippen LogP contribution is -2.18. The number of carbonyl (C=O) groups excluding carboxylic acids is 2. The van der Waals surface area contributed by atoms with Gasteiger partial charge in [-0.05, 0) is 42.3 Å². The minimum atomic E-state index is -0.404. The first-order chi connectivity index (χ1) is 12.5. The Bertz CT molecular complexity index is 773. The molecule has 0 unspecified atom stereocenters. The molecule has 1 atom stereocenters. The third-order valence-electron chi connectivity index (χ3n) is 3.83. The molecule has 0 heterocycles. The lowest BCUT2D eigenvalue weighted by Gasteiger charge is -2.13. The average Bonchev–Trinajstić information content (AvgIpc) is 2.68. The second-order valence-electron chi connectivity index (χ2n) is 5.79. The first kappa shape index (κ1) is 19.2. The number of esters is 2. The van der Waals surface area contributed by atoms with Gasteiger partial charge in [-0.3, -0.25) is 0 Å². The smallest absolute Gasteiger partial charge is 0.338 e. The zero-order valence-electron chi connectivity index (χ0n) is 14.8.